The van der Waals surface area contributed by atoms with Crippen molar-refractivity contribution >= 4 is 0 Å². The predicted molar refractivity (Wildman–Crippen MR) is 82.7 cm³/mol. The minimum Gasteiger partial charge on any atom is -0.494 e. The van der Waals surface area contributed by atoms with Crippen molar-refractivity contribution in [2.45, 2.75) is 53.0 Å². The molecule has 0 saturated heterocycles. The zero-order valence-corrected chi connectivity index (χ0v) is 12.9. The van der Waals surface area contributed by atoms with E-state index in [4.69, 9.17) is 4.74 Å². The van der Waals surface area contributed by atoms with Gasteiger partial charge in [-0.3, -0.25) is 0 Å². The number of hydrogen-bond donors (Lipinski definition) is 1. The number of ether oxygens (including phenoxy) is 1. The summed E-state index contributed by atoms with van der Waals surface area (Å²) in [6, 6.07) is 8.88. The van der Waals surface area contributed by atoms with Gasteiger partial charge in [0.15, 0.2) is 0 Å². The second-order valence-corrected chi connectivity index (χ2v) is 5.63. The zero-order valence-electron chi connectivity index (χ0n) is 12.9. The van der Waals surface area contributed by atoms with E-state index in [1.54, 1.807) is 0 Å². The molecule has 19 heavy (non-hydrogen) atoms. The molecule has 0 aliphatic rings. The van der Waals surface area contributed by atoms with Crippen LogP contribution in [-0.2, 0) is 0 Å². The van der Waals surface area contributed by atoms with E-state index in [1.165, 1.54) is 18.4 Å². The molecule has 1 aromatic rings. The van der Waals surface area contributed by atoms with Gasteiger partial charge in [0.05, 0.1) is 6.61 Å². The fourth-order valence-electron chi connectivity index (χ4n) is 2.01. The van der Waals surface area contributed by atoms with Crippen molar-refractivity contribution in [2.24, 2.45) is 5.92 Å². The Morgan fingerprint density at radius 1 is 1.11 bits per heavy atom. The maximum absolute atomic E-state index is 5.75. The fraction of sp³-hybridized carbons (Fsp3) is 0.647. The molecule has 1 aromatic carbocycles. The van der Waals surface area contributed by atoms with Gasteiger partial charge in [-0.25, -0.2) is 0 Å². The molecule has 0 spiro atoms. The second-order valence-electron chi connectivity index (χ2n) is 5.63. The highest BCUT2D eigenvalue weighted by Gasteiger charge is 2.04. The lowest BCUT2D eigenvalue weighted by Crippen LogP contribution is -2.19. The molecule has 2 heteroatoms. The minimum atomic E-state index is 0.412. The Bertz CT molecular complexity index is 332. The van der Waals surface area contributed by atoms with Crippen LogP contribution in [0.4, 0.5) is 0 Å². The average Bonchev–Trinajstić information content (AvgIpc) is 2.41. The quantitative estimate of drug-likeness (QED) is 0.659. The van der Waals surface area contributed by atoms with Crippen molar-refractivity contribution in [3.63, 3.8) is 0 Å². The lowest BCUT2D eigenvalue weighted by atomic mass is 10.1. The summed E-state index contributed by atoms with van der Waals surface area (Å²) in [7, 11) is 0. The van der Waals surface area contributed by atoms with Crippen LogP contribution in [0.2, 0.25) is 0 Å². The van der Waals surface area contributed by atoms with Gasteiger partial charge in [-0.1, -0.05) is 32.9 Å². The first-order valence-electron chi connectivity index (χ1n) is 7.59. The monoisotopic (exact) mass is 263 g/mol. The van der Waals surface area contributed by atoms with Crippen LogP contribution in [-0.4, -0.2) is 13.2 Å². The van der Waals surface area contributed by atoms with Crippen molar-refractivity contribution < 1.29 is 4.74 Å². The molecule has 0 fully saturated rings. The molecule has 2 nitrogen and oxygen atoms in total. The zero-order chi connectivity index (χ0) is 14.1. The molecule has 1 N–H and O–H groups in total. The fourth-order valence-corrected chi connectivity index (χ4v) is 2.01. The topological polar surface area (TPSA) is 21.3 Å². The molecule has 0 saturated carbocycles. The summed E-state index contributed by atoms with van der Waals surface area (Å²) in [5.41, 5.74) is 1.32. The molecule has 108 valence electrons. The molecule has 0 aromatic heterocycles. The van der Waals surface area contributed by atoms with Crippen LogP contribution >= 0.6 is 0 Å². The van der Waals surface area contributed by atoms with Gasteiger partial charge in [0.1, 0.15) is 5.75 Å². The predicted octanol–water partition coefficient (Wildman–Crippen LogP) is 4.56. The van der Waals surface area contributed by atoms with Gasteiger partial charge < -0.3 is 10.1 Å². The molecule has 0 aliphatic carbocycles. The Hall–Kier alpha value is -1.02. The Kier molecular flexibility index (Phi) is 7.57. The van der Waals surface area contributed by atoms with Gasteiger partial charge in [0, 0.05) is 6.04 Å². The van der Waals surface area contributed by atoms with Gasteiger partial charge in [-0.2, -0.15) is 0 Å². The molecule has 0 heterocycles. The smallest absolute Gasteiger partial charge is 0.119 e. The average molecular weight is 263 g/mol. The summed E-state index contributed by atoms with van der Waals surface area (Å²) >= 11 is 0. The summed E-state index contributed by atoms with van der Waals surface area (Å²) < 4.78 is 5.75. The van der Waals surface area contributed by atoms with Crippen LogP contribution in [0, 0.1) is 5.92 Å². The Balaban J connectivity index is 2.34. The number of rotatable bonds is 9. The number of hydrogen-bond acceptors (Lipinski definition) is 2. The third-order valence-corrected chi connectivity index (χ3v) is 3.28. The van der Waals surface area contributed by atoms with Crippen molar-refractivity contribution in [2.75, 3.05) is 13.2 Å². The van der Waals surface area contributed by atoms with E-state index < -0.39 is 0 Å². The van der Waals surface area contributed by atoms with Gasteiger partial charge in [-0.05, 0) is 56.3 Å². The van der Waals surface area contributed by atoms with Gasteiger partial charge >= 0.3 is 0 Å². The SMILES string of the molecule is CCCNC(C)c1ccc(OCCCC(C)C)cc1. The van der Waals surface area contributed by atoms with Crippen molar-refractivity contribution in [3.05, 3.63) is 29.8 Å². The first kappa shape index (κ1) is 16.0. The standard InChI is InChI=1S/C17H29NO/c1-5-12-18-15(4)16-8-10-17(11-9-16)19-13-6-7-14(2)3/h8-11,14-15,18H,5-7,12-13H2,1-4H3. The second kappa shape index (κ2) is 8.98. The molecule has 1 rings (SSSR count). The van der Waals surface area contributed by atoms with Gasteiger partial charge in [0.25, 0.3) is 0 Å². The van der Waals surface area contributed by atoms with Crippen LogP contribution in [0.3, 0.4) is 0 Å². The molecule has 0 amide bonds. The number of nitrogens with one attached hydrogen (secondary N) is 1. The van der Waals surface area contributed by atoms with Crippen LogP contribution < -0.4 is 10.1 Å². The molecule has 1 unspecified atom stereocenters. The summed E-state index contributed by atoms with van der Waals surface area (Å²) in [6.07, 6.45) is 3.53. The molecule has 0 aliphatic heterocycles. The van der Waals surface area contributed by atoms with Crippen molar-refractivity contribution in [1.82, 2.24) is 5.32 Å². The Labute approximate surface area is 118 Å². The highest BCUT2D eigenvalue weighted by molar-refractivity contribution is 5.28. The van der Waals surface area contributed by atoms with Gasteiger partial charge in [0.2, 0.25) is 0 Å². The van der Waals surface area contributed by atoms with E-state index in [-0.39, 0.29) is 0 Å². The molecule has 0 bridgehead atoms. The van der Waals surface area contributed by atoms with Crippen LogP contribution in [0.1, 0.15) is 58.6 Å². The first-order chi connectivity index (χ1) is 9.13. The third-order valence-electron chi connectivity index (χ3n) is 3.28. The van der Waals surface area contributed by atoms with E-state index in [0.29, 0.717) is 6.04 Å². The number of benzene rings is 1. The van der Waals surface area contributed by atoms with Crippen molar-refractivity contribution in [1.29, 1.82) is 0 Å². The first-order valence-corrected chi connectivity index (χ1v) is 7.59. The molecule has 1 atom stereocenters. The minimum absolute atomic E-state index is 0.412. The summed E-state index contributed by atoms with van der Waals surface area (Å²) in [5.74, 6) is 1.74. The molecule has 0 radical (unpaired) electrons. The van der Waals surface area contributed by atoms with E-state index in [2.05, 4.69) is 57.3 Å². The van der Waals surface area contributed by atoms with Crippen LogP contribution in [0.25, 0.3) is 0 Å². The largest absolute Gasteiger partial charge is 0.494 e. The highest BCUT2D eigenvalue weighted by atomic mass is 16.5. The van der Waals surface area contributed by atoms with E-state index >= 15 is 0 Å². The van der Waals surface area contributed by atoms with Crippen LogP contribution in [0.15, 0.2) is 24.3 Å². The van der Waals surface area contributed by atoms with E-state index in [9.17, 15) is 0 Å². The lowest BCUT2D eigenvalue weighted by molar-refractivity contribution is 0.297. The van der Waals surface area contributed by atoms with E-state index in [0.717, 1.165) is 31.2 Å². The third kappa shape index (κ3) is 6.63. The normalized spacial score (nSPS) is 12.7. The maximum Gasteiger partial charge on any atom is 0.119 e. The summed E-state index contributed by atoms with van der Waals surface area (Å²) in [6.45, 7) is 10.8. The molecular formula is C17H29NO. The Morgan fingerprint density at radius 2 is 1.79 bits per heavy atom. The Morgan fingerprint density at radius 3 is 2.37 bits per heavy atom. The maximum atomic E-state index is 5.75. The molecular weight excluding hydrogens is 234 g/mol. The van der Waals surface area contributed by atoms with Crippen LogP contribution in [0.5, 0.6) is 5.75 Å². The van der Waals surface area contributed by atoms with Crippen molar-refractivity contribution in [3.8, 4) is 5.75 Å². The van der Waals surface area contributed by atoms with Gasteiger partial charge in [-0.15, -0.1) is 0 Å². The van der Waals surface area contributed by atoms with E-state index in [1.807, 2.05) is 0 Å². The lowest BCUT2D eigenvalue weighted by Gasteiger charge is -2.14. The summed E-state index contributed by atoms with van der Waals surface area (Å²) in [4.78, 5) is 0. The highest BCUT2D eigenvalue weighted by Crippen LogP contribution is 2.18. The summed E-state index contributed by atoms with van der Waals surface area (Å²) in [5, 5.41) is 3.49.